The fourth-order valence-electron chi connectivity index (χ4n) is 1.80. The van der Waals surface area contributed by atoms with Crippen LogP contribution in [0.3, 0.4) is 0 Å². The lowest BCUT2D eigenvalue weighted by atomic mass is 10.3. The molecule has 1 aromatic heterocycles. The van der Waals surface area contributed by atoms with Crippen molar-refractivity contribution >= 4 is 17.5 Å². The van der Waals surface area contributed by atoms with Crippen LogP contribution in [0.15, 0.2) is 40.8 Å². The van der Waals surface area contributed by atoms with Gasteiger partial charge in [-0.2, -0.15) is 0 Å². The van der Waals surface area contributed by atoms with Gasteiger partial charge in [-0.25, -0.2) is 4.39 Å². The first-order valence-corrected chi connectivity index (χ1v) is 7.28. The van der Waals surface area contributed by atoms with E-state index in [2.05, 4.69) is 0 Å². The minimum Gasteiger partial charge on any atom is -0.492 e. The molecule has 0 fully saturated rings. The van der Waals surface area contributed by atoms with Gasteiger partial charge in [0.15, 0.2) is 5.76 Å². The predicted molar refractivity (Wildman–Crippen MR) is 81.8 cm³/mol. The number of hydrogen-bond donors (Lipinski definition) is 0. The lowest BCUT2D eigenvalue weighted by molar-refractivity contribution is 0.0740. The zero-order chi connectivity index (χ0) is 16.1. The van der Waals surface area contributed by atoms with Crippen molar-refractivity contribution in [3.8, 4) is 5.75 Å². The number of furan rings is 1. The Morgan fingerprint density at radius 2 is 2.00 bits per heavy atom. The van der Waals surface area contributed by atoms with Gasteiger partial charge < -0.3 is 14.1 Å². The molecule has 1 heterocycles. The predicted octanol–water partition coefficient (Wildman–Crippen LogP) is 3.87. The number of ether oxygens (including phenoxy) is 1. The van der Waals surface area contributed by atoms with Crippen molar-refractivity contribution < 1.29 is 18.3 Å². The third kappa shape index (κ3) is 4.24. The van der Waals surface area contributed by atoms with Gasteiger partial charge in [-0.1, -0.05) is 0 Å². The van der Waals surface area contributed by atoms with Gasteiger partial charge >= 0.3 is 0 Å². The molecule has 6 heteroatoms. The van der Waals surface area contributed by atoms with Crippen molar-refractivity contribution in [1.82, 2.24) is 4.90 Å². The Morgan fingerprint density at radius 1 is 1.32 bits per heavy atom. The Balaban J connectivity index is 1.84. The third-order valence-electron chi connectivity index (χ3n) is 3.09. The molecule has 0 bridgehead atoms. The second kappa shape index (κ2) is 7.31. The summed E-state index contributed by atoms with van der Waals surface area (Å²) in [4.78, 5) is 13.6. The van der Waals surface area contributed by atoms with Crippen molar-refractivity contribution in [2.75, 3.05) is 20.2 Å². The molecule has 0 aliphatic rings. The Morgan fingerprint density at radius 3 is 2.59 bits per heavy atom. The summed E-state index contributed by atoms with van der Waals surface area (Å²) < 4.78 is 23.6. The van der Waals surface area contributed by atoms with Crippen LogP contribution in [0, 0.1) is 5.82 Å². The van der Waals surface area contributed by atoms with E-state index in [0.717, 1.165) is 0 Å². The van der Waals surface area contributed by atoms with Crippen LogP contribution in [0.25, 0.3) is 0 Å². The lowest BCUT2D eigenvalue weighted by Crippen LogP contribution is -2.30. The smallest absolute Gasteiger partial charge is 0.289 e. The first kappa shape index (κ1) is 16.4. The number of amides is 1. The minimum absolute atomic E-state index is 0.242. The van der Waals surface area contributed by atoms with Gasteiger partial charge in [-0.05, 0) is 43.3 Å². The number of carbonyl (C=O) groups is 1. The standard InChI is InChI=1S/C16H17ClFNO3/c1-11(17)14-7-8-15(22-14)16(20)19(2)9-10-21-13-5-3-12(18)4-6-13/h3-8,11H,9-10H2,1-2H3. The first-order chi connectivity index (χ1) is 10.5. The minimum atomic E-state index is -0.318. The highest BCUT2D eigenvalue weighted by atomic mass is 35.5. The number of halogens is 2. The fraction of sp³-hybridized carbons (Fsp3) is 0.312. The maximum absolute atomic E-state index is 12.8. The number of nitrogens with zero attached hydrogens (tertiary/aromatic N) is 1. The number of rotatable bonds is 6. The van der Waals surface area contributed by atoms with Gasteiger partial charge in [0.25, 0.3) is 5.91 Å². The summed E-state index contributed by atoms with van der Waals surface area (Å²) in [5, 5.41) is -0.284. The van der Waals surface area contributed by atoms with E-state index < -0.39 is 0 Å². The molecule has 22 heavy (non-hydrogen) atoms. The molecule has 118 valence electrons. The van der Waals surface area contributed by atoms with Gasteiger partial charge in [0.05, 0.1) is 11.9 Å². The molecule has 2 aromatic rings. The number of alkyl halides is 1. The Hall–Kier alpha value is -2.01. The summed E-state index contributed by atoms with van der Waals surface area (Å²) in [6.07, 6.45) is 0. The maximum Gasteiger partial charge on any atom is 0.289 e. The fourth-order valence-corrected chi connectivity index (χ4v) is 1.92. The van der Waals surface area contributed by atoms with Crippen LogP contribution in [0.1, 0.15) is 28.6 Å². The molecule has 0 radical (unpaired) electrons. The largest absolute Gasteiger partial charge is 0.492 e. The molecular formula is C16H17ClFNO3. The number of hydrogen-bond acceptors (Lipinski definition) is 3. The summed E-state index contributed by atoms with van der Waals surface area (Å²) >= 11 is 5.90. The second-order valence-corrected chi connectivity index (χ2v) is 5.50. The topological polar surface area (TPSA) is 42.7 Å². The van der Waals surface area contributed by atoms with E-state index in [1.807, 2.05) is 0 Å². The van der Waals surface area contributed by atoms with E-state index >= 15 is 0 Å². The number of likely N-dealkylation sites (N-methyl/N-ethyl adjacent to an activating group) is 1. The van der Waals surface area contributed by atoms with Crippen molar-refractivity contribution in [3.05, 3.63) is 53.7 Å². The lowest BCUT2D eigenvalue weighted by Gasteiger charge is -2.16. The molecular weight excluding hydrogens is 309 g/mol. The molecule has 0 spiro atoms. The highest BCUT2D eigenvalue weighted by molar-refractivity contribution is 6.20. The van der Waals surface area contributed by atoms with Crippen LogP contribution in [0.2, 0.25) is 0 Å². The van der Waals surface area contributed by atoms with Crippen molar-refractivity contribution in [2.45, 2.75) is 12.3 Å². The van der Waals surface area contributed by atoms with Gasteiger partial charge in [-0.3, -0.25) is 4.79 Å². The second-order valence-electron chi connectivity index (χ2n) is 4.85. The molecule has 0 saturated carbocycles. The maximum atomic E-state index is 12.8. The molecule has 0 saturated heterocycles. The molecule has 4 nitrogen and oxygen atoms in total. The first-order valence-electron chi connectivity index (χ1n) is 6.85. The molecule has 1 amide bonds. The number of carbonyl (C=O) groups excluding carboxylic acids is 1. The van der Waals surface area contributed by atoms with Crippen molar-refractivity contribution in [1.29, 1.82) is 0 Å². The average Bonchev–Trinajstić information content (AvgIpc) is 2.98. The number of benzene rings is 1. The van der Waals surface area contributed by atoms with Crippen LogP contribution in [-0.4, -0.2) is 31.0 Å². The van der Waals surface area contributed by atoms with Crippen LogP contribution < -0.4 is 4.74 Å². The summed E-state index contributed by atoms with van der Waals surface area (Å²) in [7, 11) is 1.66. The van der Waals surface area contributed by atoms with Crippen molar-refractivity contribution in [3.63, 3.8) is 0 Å². The van der Waals surface area contributed by atoms with E-state index in [1.54, 1.807) is 26.1 Å². The monoisotopic (exact) mass is 325 g/mol. The average molecular weight is 326 g/mol. The highest BCUT2D eigenvalue weighted by Gasteiger charge is 2.17. The molecule has 0 N–H and O–H groups in total. The molecule has 0 aliphatic heterocycles. The zero-order valence-corrected chi connectivity index (χ0v) is 13.1. The molecule has 1 aromatic carbocycles. The Bertz CT molecular complexity index is 625. The summed E-state index contributed by atoms with van der Waals surface area (Å²) in [5.74, 6) is 0.791. The van der Waals surface area contributed by atoms with E-state index in [4.69, 9.17) is 20.8 Å². The van der Waals surface area contributed by atoms with Crippen molar-refractivity contribution in [2.24, 2.45) is 0 Å². The van der Waals surface area contributed by atoms with E-state index in [1.165, 1.54) is 29.2 Å². The highest BCUT2D eigenvalue weighted by Crippen LogP contribution is 2.22. The van der Waals surface area contributed by atoms with E-state index in [-0.39, 0.29) is 22.9 Å². The van der Waals surface area contributed by atoms with E-state index in [0.29, 0.717) is 24.7 Å². The van der Waals surface area contributed by atoms with Gasteiger partial charge in [0.2, 0.25) is 0 Å². The summed E-state index contributed by atoms with van der Waals surface area (Å²) in [6.45, 7) is 2.45. The van der Waals surface area contributed by atoms with Crippen LogP contribution in [0.4, 0.5) is 4.39 Å². The summed E-state index contributed by atoms with van der Waals surface area (Å²) in [5.41, 5.74) is 0. The zero-order valence-electron chi connectivity index (χ0n) is 12.4. The van der Waals surface area contributed by atoms with Crippen LogP contribution >= 0.6 is 11.6 Å². The van der Waals surface area contributed by atoms with Gasteiger partial charge in [0, 0.05) is 7.05 Å². The molecule has 0 aliphatic carbocycles. The van der Waals surface area contributed by atoms with Gasteiger partial charge in [-0.15, -0.1) is 11.6 Å². The van der Waals surface area contributed by atoms with Crippen LogP contribution in [0.5, 0.6) is 5.75 Å². The van der Waals surface area contributed by atoms with Gasteiger partial charge in [0.1, 0.15) is 23.9 Å². The molecule has 2 rings (SSSR count). The SMILES string of the molecule is CC(Cl)c1ccc(C(=O)N(C)CCOc2ccc(F)cc2)o1. The molecule has 1 unspecified atom stereocenters. The summed E-state index contributed by atoms with van der Waals surface area (Å²) in [6, 6.07) is 9.01. The Labute approximate surface area is 133 Å². The Kier molecular flexibility index (Phi) is 5.44. The third-order valence-corrected chi connectivity index (χ3v) is 3.30. The normalized spacial score (nSPS) is 12.0. The molecule has 1 atom stereocenters. The quantitative estimate of drug-likeness (QED) is 0.757. The van der Waals surface area contributed by atoms with E-state index in [9.17, 15) is 9.18 Å². The van der Waals surface area contributed by atoms with Crippen LogP contribution in [-0.2, 0) is 0 Å².